The second-order valence-corrected chi connectivity index (χ2v) is 7.98. The van der Waals surface area contributed by atoms with Gasteiger partial charge in [0.1, 0.15) is 5.75 Å². The van der Waals surface area contributed by atoms with Crippen LogP contribution in [0.15, 0.2) is 42.5 Å². The van der Waals surface area contributed by atoms with Gasteiger partial charge in [-0.25, -0.2) is 4.79 Å². The summed E-state index contributed by atoms with van der Waals surface area (Å²) in [6, 6.07) is 11.2. The van der Waals surface area contributed by atoms with Gasteiger partial charge < -0.3 is 19.9 Å². The van der Waals surface area contributed by atoms with E-state index in [1.54, 1.807) is 12.0 Å². The van der Waals surface area contributed by atoms with E-state index >= 15 is 0 Å². The van der Waals surface area contributed by atoms with Crippen molar-refractivity contribution in [2.45, 2.75) is 6.42 Å². The van der Waals surface area contributed by atoms with E-state index in [9.17, 15) is 24.5 Å². The van der Waals surface area contributed by atoms with Crippen LogP contribution in [0.1, 0.15) is 27.1 Å². The van der Waals surface area contributed by atoms with Crippen molar-refractivity contribution in [2.75, 3.05) is 51.3 Å². The number of benzene rings is 2. The second kappa shape index (κ2) is 9.77. The maximum atomic E-state index is 12.5. The van der Waals surface area contributed by atoms with Crippen molar-refractivity contribution >= 4 is 29.2 Å². The number of hydrogen-bond donors (Lipinski definition) is 1. The van der Waals surface area contributed by atoms with Gasteiger partial charge in [-0.3, -0.25) is 24.6 Å². The Hall–Kier alpha value is -4.15. The van der Waals surface area contributed by atoms with Gasteiger partial charge in [-0.05, 0) is 24.6 Å². The van der Waals surface area contributed by atoms with Gasteiger partial charge in [-0.1, -0.05) is 12.1 Å². The molecule has 1 saturated heterocycles. The molecule has 0 bridgehead atoms. The lowest BCUT2D eigenvalue weighted by Crippen LogP contribution is -2.52. The molecule has 11 nitrogen and oxygen atoms in total. The Morgan fingerprint density at radius 3 is 2.47 bits per heavy atom. The highest BCUT2D eigenvalue weighted by molar-refractivity contribution is 6.21. The molecule has 0 spiro atoms. The largest absolute Gasteiger partial charge is 0.495 e. The third kappa shape index (κ3) is 4.49. The Morgan fingerprint density at radius 1 is 1.06 bits per heavy atom. The number of piperazine rings is 1. The van der Waals surface area contributed by atoms with E-state index < -0.39 is 16.7 Å². The molecular weight excluding hydrogens is 442 g/mol. The smallest absolute Gasteiger partial charge is 0.317 e. The number of methoxy groups -OCH3 is 1. The number of hydrogen-bond acceptors (Lipinski definition) is 7. The van der Waals surface area contributed by atoms with Crippen LogP contribution in [0, 0.1) is 10.1 Å². The average Bonchev–Trinajstić information content (AvgIpc) is 3.10. The molecule has 0 atom stereocenters. The molecule has 2 heterocycles. The molecule has 0 saturated carbocycles. The Morgan fingerprint density at radius 2 is 1.76 bits per heavy atom. The van der Waals surface area contributed by atoms with Crippen LogP contribution in [0.5, 0.6) is 5.75 Å². The molecule has 0 radical (unpaired) electrons. The van der Waals surface area contributed by atoms with Crippen LogP contribution >= 0.6 is 0 Å². The highest BCUT2D eigenvalue weighted by Crippen LogP contribution is 2.29. The number of carbonyl (C=O) groups excluding carboxylic acids is 3. The fraction of sp³-hybridized carbons (Fsp3) is 0.348. The Labute approximate surface area is 196 Å². The zero-order valence-corrected chi connectivity index (χ0v) is 18.7. The molecule has 2 aliphatic rings. The van der Waals surface area contributed by atoms with Crippen LogP contribution in [0.2, 0.25) is 0 Å². The third-order valence-corrected chi connectivity index (χ3v) is 5.99. The molecule has 1 fully saturated rings. The summed E-state index contributed by atoms with van der Waals surface area (Å²) in [6.45, 7) is 2.87. The van der Waals surface area contributed by atoms with Crippen LogP contribution in [0.3, 0.4) is 0 Å². The van der Waals surface area contributed by atoms with E-state index in [0.29, 0.717) is 39.1 Å². The zero-order valence-electron chi connectivity index (χ0n) is 18.7. The first-order valence-electron chi connectivity index (χ1n) is 11.0. The number of urea groups is 1. The number of amides is 4. The minimum atomic E-state index is -0.605. The summed E-state index contributed by atoms with van der Waals surface area (Å²) in [5, 5.41) is 13.8. The third-order valence-electron chi connectivity index (χ3n) is 5.99. The molecule has 0 aliphatic carbocycles. The number of non-ortho nitro benzene ring substituents is 1. The molecule has 178 valence electrons. The molecule has 2 aromatic rings. The molecule has 11 heteroatoms. The van der Waals surface area contributed by atoms with Crippen molar-refractivity contribution in [3.8, 4) is 5.75 Å². The maximum Gasteiger partial charge on any atom is 0.317 e. The van der Waals surface area contributed by atoms with E-state index in [1.165, 1.54) is 12.1 Å². The van der Waals surface area contributed by atoms with E-state index in [0.717, 1.165) is 22.4 Å². The van der Waals surface area contributed by atoms with E-state index in [2.05, 4.69) is 10.2 Å². The van der Waals surface area contributed by atoms with Gasteiger partial charge in [-0.2, -0.15) is 0 Å². The number of imide groups is 1. The van der Waals surface area contributed by atoms with Gasteiger partial charge in [-0.15, -0.1) is 0 Å². The average molecular weight is 467 g/mol. The fourth-order valence-corrected chi connectivity index (χ4v) is 4.18. The van der Waals surface area contributed by atoms with Gasteiger partial charge in [0, 0.05) is 51.4 Å². The van der Waals surface area contributed by atoms with Crippen molar-refractivity contribution in [2.24, 2.45) is 0 Å². The molecule has 34 heavy (non-hydrogen) atoms. The molecule has 2 aliphatic heterocycles. The second-order valence-electron chi connectivity index (χ2n) is 7.98. The van der Waals surface area contributed by atoms with Gasteiger partial charge in [0.15, 0.2) is 0 Å². The molecule has 0 unspecified atom stereocenters. The Bertz CT molecular complexity index is 1130. The SMILES string of the molecule is COc1ccccc1N1CCN(C(=O)NCCCN2C(=O)c3ccc([N+](=O)[O-])cc3C2=O)CC1. The summed E-state index contributed by atoms with van der Waals surface area (Å²) < 4.78 is 5.42. The minimum Gasteiger partial charge on any atom is -0.495 e. The predicted octanol–water partition coefficient (Wildman–Crippen LogP) is 2.12. The maximum absolute atomic E-state index is 12.5. The van der Waals surface area contributed by atoms with Crippen LogP contribution in [0.4, 0.5) is 16.2 Å². The standard InChI is InChI=1S/C23H25N5O6/c1-34-20-6-3-2-5-19(20)25-11-13-26(14-12-25)23(31)24-9-4-10-27-21(29)17-8-7-16(28(32)33)15-18(17)22(27)30/h2-3,5-8,15H,4,9-14H2,1H3,(H,24,31). The topological polar surface area (TPSA) is 125 Å². The van der Waals surface area contributed by atoms with Crippen molar-refractivity contribution in [1.82, 2.24) is 15.1 Å². The van der Waals surface area contributed by atoms with Crippen molar-refractivity contribution < 1.29 is 24.0 Å². The number of ether oxygens (including phenoxy) is 1. The normalized spacial score (nSPS) is 15.4. The number of nitro groups is 1. The number of rotatable bonds is 7. The fourth-order valence-electron chi connectivity index (χ4n) is 4.18. The highest BCUT2D eigenvalue weighted by Gasteiger charge is 2.36. The minimum absolute atomic E-state index is 0.0381. The van der Waals surface area contributed by atoms with E-state index in [1.807, 2.05) is 24.3 Å². The molecular formula is C23H25N5O6. The van der Waals surface area contributed by atoms with Crippen LogP contribution in [-0.4, -0.2) is 78.9 Å². The highest BCUT2D eigenvalue weighted by atomic mass is 16.6. The Kier molecular flexibility index (Phi) is 6.62. The monoisotopic (exact) mass is 467 g/mol. The first kappa shape index (κ1) is 23.0. The van der Waals surface area contributed by atoms with Crippen LogP contribution < -0.4 is 15.0 Å². The predicted molar refractivity (Wildman–Crippen MR) is 123 cm³/mol. The van der Waals surface area contributed by atoms with Crippen LogP contribution in [-0.2, 0) is 0 Å². The van der Waals surface area contributed by atoms with Crippen molar-refractivity contribution in [3.63, 3.8) is 0 Å². The summed E-state index contributed by atoms with van der Waals surface area (Å²) in [6.07, 6.45) is 0.375. The molecule has 1 N–H and O–H groups in total. The summed E-state index contributed by atoms with van der Waals surface area (Å²) >= 11 is 0. The molecule has 0 aromatic heterocycles. The van der Waals surface area contributed by atoms with E-state index in [4.69, 9.17) is 4.74 Å². The summed E-state index contributed by atoms with van der Waals surface area (Å²) in [4.78, 5) is 52.8. The Balaban J connectivity index is 1.23. The number of para-hydroxylation sites is 2. The molecule has 2 aromatic carbocycles. The van der Waals surface area contributed by atoms with Crippen LogP contribution in [0.25, 0.3) is 0 Å². The number of nitrogens with zero attached hydrogens (tertiary/aromatic N) is 4. The number of nitrogens with one attached hydrogen (secondary N) is 1. The lowest BCUT2D eigenvalue weighted by Gasteiger charge is -2.36. The lowest BCUT2D eigenvalue weighted by molar-refractivity contribution is -0.384. The summed E-state index contributed by atoms with van der Waals surface area (Å²) in [5.41, 5.74) is 0.958. The molecule has 4 rings (SSSR count). The quantitative estimate of drug-likeness (QED) is 0.286. The number of anilines is 1. The van der Waals surface area contributed by atoms with Crippen molar-refractivity contribution in [1.29, 1.82) is 0 Å². The van der Waals surface area contributed by atoms with Gasteiger partial charge >= 0.3 is 6.03 Å². The number of fused-ring (bicyclic) bond motifs is 1. The zero-order chi connectivity index (χ0) is 24.2. The lowest BCUT2D eigenvalue weighted by atomic mass is 10.1. The van der Waals surface area contributed by atoms with E-state index in [-0.39, 0.29) is 29.4 Å². The van der Waals surface area contributed by atoms with Crippen molar-refractivity contribution in [3.05, 3.63) is 63.7 Å². The van der Waals surface area contributed by atoms with Gasteiger partial charge in [0.2, 0.25) is 0 Å². The number of nitro benzene ring substituents is 1. The first-order valence-corrected chi connectivity index (χ1v) is 11.0. The van der Waals surface area contributed by atoms with Gasteiger partial charge in [0.05, 0.1) is 28.8 Å². The van der Waals surface area contributed by atoms with Gasteiger partial charge in [0.25, 0.3) is 17.5 Å². The number of carbonyl (C=O) groups is 3. The summed E-state index contributed by atoms with van der Waals surface area (Å²) in [7, 11) is 1.63. The summed E-state index contributed by atoms with van der Waals surface area (Å²) in [5.74, 6) is -0.237. The molecule has 4 amide bonds. The first-order chi connectivity index (χ1) is 16.4.